The molecule has 0 spiro atoms. The molecule has 4 rings (SSSR count). The number of rotatable bonds is 11. The van der Waals surface area contributed by atoms with Crippen LogP contribution in [0.4, 0.5) is 0 Å². The second-order valence-corrected chi connectivity index (χ2v) is 12.7. The van der Waals surface area contributed by atoms with E-state index in [1.807, 2.05) is 13.8 Å². The van der Waals surface area contributed by atoms with E-state index in [0.29, 0.717) is 70.1 Å². The first kappa shape index (κ1) is 33.7. The normalized spacial score (nSPS) is 22.8. The zero-order chi connectivity index (χ0) is 32.8. The number of nitrogens with zero attached hydrogens (tertiary/aromatic N) is 3. The van der Waals surface area contributed by atoms with Gasteiger partial charge in [-0.3, -0.25) is 24.0 Å². The van der Waals surface area contributed by atoms with Crippen LogP contribution < -0.4 is 10.6 Å². The van der Waals surface area contributed by atoms with E-state index >= 15 is 0 Å². The fourth-order valence-corrected chi connectivity index (χ4v) is 6.69. The highest BCUT2D eigenvalue weighted by atomic mass is 16.4. The van der Waals surface area contributed by atoms with Crippen LogP contribution in [0.15, 0.2) is 24.3 Å². The summed E-state index contributed by atoms with van der Waals surface area (Å²) in [5.41, 5.74) is 0.616. The average molecular weight is 628 g/mol. The molecule has 3 fully saturated rings. The minimum atomic E-state index is -1.23. The number of phenols is 1. The molecule has 3 aliphatic heterocycles. The van der Waals surface area contributed by atoms with Gasteiger partial charge in [0.1, 0.15) is 36.0 Å². The Hall–Kier alpha value is -4.16. The molecule has 5 atom stereocenters. The van der Waals surface area contributed by atoms with Crippen molar-refractivity contribution < 1.29 is 39.0 Å². The third-order valence-corrected chi connectivity index (χ3v) is 8.93. The van der Waals surface area contributed by atoms with Crippen molar-refractivity contribution in [3.63, 3.8) is 0 Å². The Labute approximate surface area is 263 Å². The Kier molecular flexibility index (Phi) is 11.1. The summed E-state index contributed by atoms with van der Waals surface area (Å²) in [6, 6.07) is 1.63. The predicted molar refractivity (Wildman–Crippen MR) is 163 cm³/mol. The van der Waals surface area contributed by atoms with Crippen molar-refractivity contribution >= 4 is 35.5 Å². The number of hydrogen-bond acceptors (Lipinski definition) is 7. The Balaban J connectivity index is 1.44. The summed E-state index contributed by atoms with van der Waals surface area (Å²) in [6.45, 7) is 6.44. The number of carbonyl (C=O) groups excluding carboxylic acids is 5. The van der Waals surface area contributed by atoms with Crippen molar-refractivity contribution in [3.05, 3.63) is 29.8 Å². The molecule has 1 aromatic rings. The molecule has 13 nitrogen and oxygen atoms in total. The van der Waals surface area contributed by atoms with Crippen LogP contribution in [-0.2, 0) is 35.2 Å². The highest BCUT2D eigenvalue weighted by Crippen LogP contribution is 2.27. The first-order chi connectivity index (χ1) is 21.4. The van der Waals surface area contributed by atoms with Crippen LogP contribution >= 0.6 is 0 Å². The predicted octanol–water partition coefficient (Wildman–Crippen LogP) is 1.03. The Bertz CT molecular complexity index is 1280. The zero-order valence-corrected chi connectivity index (χ0v) is 26.2. The van der Waals surface area contributed by atoms with Gasteiger partial charge >= 0.3 is 5.97 Å². The zero-order valence-electron chi connectivity index (χ0n) is 26.2. The molecule has 0 aliphatic carbocycles. The van der Waals surface area contributed by atoms with Gasteiger partial charge in [-0.25, -0.2) is 4.79 Å². The van der Waals surface area contributed by atoms with E-state index in [1.54, 1.807) is 12.1 Å². The molecular weight excluding hydrogens is 582 g/mol. The minimum absolute atomic E-state index is 0.000910. The molecule has 3 saturated heterocycles. The summed E-state index contributed by atoms with van der Waals surface area (Å²) < 4.78 is 0. The Morgan fingerprint density at radius 3 is 1.84 bits per heavy atom. The second kappa shape index (κ2) is 14.7. The third kappa shape index (κ3) is 8.12. The van der Waals surface area contributed by atoms with Crippen molar-refractivity contribution in [2.24, 2.45) is 5.92 Å². The molecule has 5 amide bonds. The Morgan fingerprint density at radius 1 is 0.778 bits per heavy atom. The van der Waals surface area contributed by atoms with Crippen LogP contribution in [0.3, 0.4) is 0 Å². The third-order valence-electron chi connectivity index (χ3n) is 8.93. The molecule has 0 bridgehead atoms. The summed E-state index contributed by atoms with van der Waals surface area (Å²) in [6.07, 6.45) is 3.51. The summed E-state index contributed by atoms with van der Waals surface area (Å²) in [4.78, 5) is 82.9. The number of likely N-dealkylation sites (tertiary alicyclic amines) is 3. The number of amides is 5. The molecule has 1 aromatic carbocycles. The van der Waals surface area contributed by atoms with E-state index in [0.717, 1.165) is 0 Å². The first-order valence-corrected chi connectivity index (χ1v) is 15.9. The molecule has 246 valence electrons. The summed E-state index contributed by atoms with van der Waals surface area (Å²) in [5, 5.41) is 24.7. The maximum Gasteiger partial charge on any atom is 0.326 e. The number of benzene rings is 1. The molecule has 13 heteroatoms. The van der Waals surface area contributed by atoms with E-state index in [4.69, 9.17) is 0 Å². The minimum Gasteiger partial charge on any atom is -0.508 e. The van der Waals surface area contributed by atoms with Crippen LogP contribution in [0, 0.1) is 5.92 Å². The summed E-state index contributed by atoms with van der Waals surface area (Å²) in [5.74, 6) is -2.97. The van der Waals surface area contributed by atoms with Crippen molar-refractivity contribution in [1.29, 1.82) is 0 Å². The molecular formula is C32H45N5O8. The second-order valence-electron chi connectivity index (χ2n) is 12.7. The SMILES string of the molecule is CC(=O)N1CCC[C@H]1C(=O)N[C@@H](CC(C)C)C(=O)N1CCC[C@H]1C(=O)N1CCC[C@H]1C(=O)N[C@@H](Cc1ccc(O)cc1)C(=O)O. The van der Waals surface area contributed by atoms with E-state index in [1.165, 1.54) is 33.8 Å². The number of aromatic hydroxyl groups is 1. The number of carboxylic acids is 1. The number of hydrogen-bond donors (Lipinski definition) is 4. The molecule has 0 unspecified atom stereocenters. The van der Waals surface area contributed by atoms with E-state index in [-0.39, 0.29) is 41.7 Å². The highest BCUT2D eigenvalue weighted by Gasteiger charge is 2.44. The maximum atomic E-state index is 13.9. The van der Waals surface area contributed by atoms with Gasteiger partial charge in [0.05, 0.1) is 0 Å². The largest absolute Gasteiger partial charge is 0.508 e. The summed E-state index contributed by atoms with van der Waals surface area (Å²) in [7, 11) is 0. The molecule has 4 N–H and O–H groups in total. The molecule has 3 heterocycles. The van der Waals surface area contributed by atoms with Crippen molar-refractivity contribution in [2.75, 3.05) is 19.6 Å². The highest BCUT2D eigenvalue weighted by molar-refractivity contribution is 5.96. The quantitative estimate of drug-likeness (QED) is 0.281. The first-order valence-electron chi connectivity index (χ1n) is 15.9. The van der Waals surface area contributed by atoms with E-state index in [2.05, 4.69) is 10.6 Å². The lowest BCUT2D eigenvalue weighted by atomic mass is 10.0. The van der Waals surface area contributed by atoms with Gasteiger partial charge in [-0.15, -0.1) is 0 Å². The molecule has 0 aromatic heterocycles. The van der Waals surface area contributed by atoms with Crippen LogP contribution in [0.25, 0.3) is 0 Å². The van der Waals surface area contributed by atoms with Crippen molar-refractivity contribution in [3.8, 4) is 5.75 Å². The average Bonchev–Trinajstić information content (AvgIpc) is 3.77. The number of phenolic OH excluding ortho intramolecular Hbond substituents is 1. The van der Waals surface area contributed by atoms with Gasteiger partial charge in [0.2, 0.25) is 29.5 Å². The molecule has 0 radical (unpaired) electrons. The fraction of sp³-hybridized carbons (Fsp3) is 0.625. The van der Waals surface area contributed by atoms with Gasteiger partial charge in [0.15, 0.2) is 0 Å². The van der Waals surface area contributed by atoms with Gasteiger partial charge < -0.3 is 35.5 Å². The topological polar surface area (TPSA) is 177 Å². The van der Waals surface area contributed by atoms with Crippen LogP contribution in [0.2, 0.25) is 0 Å². The van der Waals surface area contributed by atoms with Gasteiger partial charge in [-0.2, -0.15) is 0 Å². The molecule has 45 heavy (non-hydrogen) atoms. The summed E-state index contributed by atoms with van der Waals surface area (Å²) >= 11 is 0. The van der Waals surface area contributed by atoms with Gasteiger partial charge in [0.25, 0.3) is 0 Å². The van der Waals surface area contributed by atoms with E-state index in [9.17, 15) is 39.0 Å². The van der Waals surface area contributed by atoms with Crippen molar-refractivity contribution in [1.82, 2.24) is 25.3 Å². The lowest BCUT2D eigenvalue weighted by Gasteiger charge is -2.34. The standard InChI is InChI=1S/C32H45N5O8/c1-19(2)17-23(33-28(40)25-7-4-14-35(25)20(3)38)30(42)37-16-6-9-27(37)31(43)36-15-5-8-26(36)29(41)34-24(32(44)45)18-21-10-12-22(39)13-11-21/h10-13,19,23-27,39H,4-9,14-18H2,1-3H3,(H,33,40)(H,34,41)(H,44,45)/t23-,24-,25-,26-,27-/m0/s1. The van der Waals surface area contributed by atoms with Crippen LogP contribution in [-0.4, -0.2) is 110 Å². The van der Waals surface area contributed by atoms with Crippen LogP contribution in [0.1, 0.15) is 71.3 Å². The van der Waals surface area contributed by atoms with Crippen molar-refractivity contribution in [2.45, 2.75) is 102 Å². The van der Waals surface area contributed by atoms with Gasteiger partial charge in [0, 0.05) is 33.0 Å². The fourth-order valence-electron chi connectivity index (χ4n) is 6.69. The Morgan fingerprint density at radius 2 is 1.29 bits per heavy atom. The number of nitrogens with one attached hydrogen (secondary N) is 2. The number of aliphatic carboxylic acids is 1. The van der Waals surface area contributed by atoms with Gasteiger partial charge in [-0.1, -0.05) is 26.0 Å². The van der Waals surface area contributed by atoms with Crippen LogP contribution in [0.5, 0.6) is 5.75 Å². The maximum absolute atomic E-state index is 13.9. The lowest BCUT2D eigenvalue weighted by molar-refractivity contribution is -0.149. The van der Waals surface area contributed by atoms with Gasteiger partial charge in [-0.05, 0) is 68.6 Å². The lowest BCUT2D eigenvalue weighted by Crippen LogP contribution is -2.58. The number of carboxylic acid groups (broad SMARTS) is 1. The van der Waals surface area contributed by atoms with E-state index < -0.39 is 42.1 Å². The molecule has 0 saturated carbocycles. The molecule has 3 aliphatic rings. The smallest absolute Gasteiger partial charge is 0.326 e. The monoisotopic (exact) mass is 627 g/mol. The number of carbonyl (C=O) groups is 6.